The van der Waals surface area contributed by atoms with Gasteiger partial charge in [0.2, 0.25) is 0 Å². The van der Waals surface area contributed by atoms with Gasteiger partial charge in [-0.3, -0.25) is 4.79 Å². The number of rotatable bonds is 4. The van der Waals surface area contributed by atoms with E-state index in [4.69, 9.17) is 11.6 Å². The number of carbonyl (C=O) groups excluding carboxylic acids is 1. The van der Waals surface area contributed by atoms with Crippen LogP contribution in [0.3, 0.4) is 0 Å². The van der Waals surface area contributed by atoms with E-state index in [1.165, 1.54) is 0 Å². The summed E-state index contributed by atoms with van der Waals surface area (Å²) in [5, 5.41) is 12.1. The fourth-order valence-corrected chi connectivity index (χ4v) is 2.56. The molecule has 0 heterocycles. The summed E-state index contributed by atoms with van der Waals surface area (Å²) < 4.78 is 0. The lowest BCUT2D eigenvalue weighted by Crippen LogP contribution is -2.11. The Kier molecular flexibility index (Phi) is 5.44. The highest BCUT2D eigenvalue weighted by Gasteiger charge is 2.07. The van der Waals surface area contributed by atoms with E-state index < -0.39 is 0 Å². The summed E-state index contributed by atoms with van der Waals surface area (Å²) in [5.74, 6) is -0.185. The van der Waals surface area contributed by atoms with Gasteiger partial charge >= 0.3 is 0 Å². The van der Waals surface area contributed by atoms with Crippen molar-refractivity contribution in [3.63, 3.8) is 0 Å². The van der Waals surface area contributed by atoms with Gasteiger partial charge < -0.3 is 5.32 Å². The Labute approximate surface area is 157 Å². The molecule has 3 aromatic carbocycles. The molecule has 0 atom stereocenters. The van der Waals surface area contributed by atoms with Crippen molar-refractivity contribution < 1.29 is 4.79 Å². The third-order valence-electron chi connectivity index (χ3n) is 3.94. The second-order valence-electron chi connectivity index (χ2n) is 5.95. The van der Waals surface area contributed by atoms with Crippen molar-refractivity contribution in [2.45, 2.75) is 13.8 Å². The number of hydrogen-bond donors (Lipinski definition) is 1. The second kappa shape index (κ2) is 7.93. The lowest BCUT2D eigenvalue weighted by atomic mass is 10.1. The molecule has 0 saturated heterocycles. The van der Waals surface area contributed by atoms with Crippen molar-refractivity contribution in [3.05, 3.63) is 88.4 Å². The maximum atomic E-state index is 12.3. The van der Waals surface area contributed by atoms with E-state index in [-0.39, 0.29) is 5.91 Å². The highest BCUT2D eigenvalue weighted by Crippen LogP contribution is 2.26. The molecule has 3 rings (SSSR count). The van der Waals surface area contributed by atoms with Crippen LogP contribution >= 0.6 is 11.6 Å². The molecule has 26 heavy (non-hydrogen) atoms. The topological polar surface area (TPSA) is 53.8 Å². The molecular formula is C21H18ClN3O. The number of nitrogens with zero attached hydrogens (tertiary/aromatic N) is 2. The van der Waals surface area contributed by atoms with Crippen molar-refractivity contribution in [1.29, 1.82) is 0 Å². The number of nitrogens with one attached hydrogen (secondary N) is 1. The first-order chi connectivity index (χ1) is 12.5. The Balaban J connectivity index is 1.74. The van der Waals surface area contributed by atoms with Crippen LogP contribution < -0.4 is 5.32 Å². The molecule has 0 aliphatic rings. The van der Waals surface area contributed by atoms with Crippen LogP contribution in [0.4, 0.5) is 17.1 Å². The Morgan fingerprint density at radius 3 is 2.15 bits per heavy atom. The number of aryl methyl sites for hydroxylation is 2. The molecule has 3 aromatic rings. The maximum absolute atomic E-state index is 12.3. The zero-order valence-electron chi connectivity index (χ0n) is 14.5. The minimum atomic E-state index is -0.185. The normalized spacial score (nSPS) is 10.9. The Morgan fingerprint density at radius 2 is 1.50 bits per heavy atom. The quantitative estimate of drug-likeness (QED) is 0.520. The lowest BCUT2D eigenvalue weighted by molar-refractivity contribution is 0.102. The molecule has 0 unspecified atom stereocenters. The Hall–Kier alpha value is -2.98. The van der Waals surface area contributed by atoms with Crippen LogP contribution in [0.25, 0.3) is 0 Å². The van der Waals surface area contributed by atoms with Crippen molar-refractivity contribution in [2.75, 3.05) is 5.32 Å². The number of benzene rings is 3. The van der Waals surface area contributed by atoms with Crippen molar-refractivity contribution >= 4 is 34.6 Å². The average Bonchev–Trinajstić information content (AvgIpc) is 2.63. The molecule has 1 N–H and O–H groups in total. The predicted octanol–water partition coefficient (Wildman–Crippen LogP) is 6.62. The zero-order chi connectivity index (χ0) is 18.5. The summed E-state index contributed by atoms with van der Waals surface area (Å²) in [6.45, 7) is 3.93. The van der Waals surface area contributed by atoms with Gasteiger partial charge in [0.1, 0.15) is 0 Å². The Bertz CT molecular complexity index is 965. The molecule has 0 radical (unpaired) electrons. The van der Waals surface area contributed by atoms with Crippen molar-refractivity contribution in [2.24, 2.45) is 10.2 Å². The largest absolute Gasteiger partial charge is 0.322 e. The first-order valence-corrected chi connectivity index (χ1v) is 8.56. The van der Waals surface area contributed by atoms with E-state index in [0.717, 1.165) is 22.5 Å². The van der Waals surface area contributed by atoms with Gasteiger partial charge in [0.05, 0.1) is 11.4 Å². The van der Waals surface area contributed by atoms with Crippen LogP contribution in [0.5, 0.6) is 0 Å². The molecule has 0 bridgehead atoms. The molecule has 0 aliphatic carbocycles. The molecule has 4 nitrogen and oxygen atoms in total. The van der Waals surface area contributed by atoms with Crippen LogP contribution in [-0.2, 0) is 0 Å². The highest BCUT2D eigenvalue weighted by atomic mass is 35.5. The minimum absolute atomic E-state index is 0.185. The number of halogens is 1. The lowest BCUT2D eigenvalue weighted by Gasteiger charge is -2.07. The third kappa shape index (κ3) is 4.35. The number of anilines is 1. The molecule has 0 aliphatic heterocycles. The minimum Gasteiger partial charge on any atom is -0.322 e. The van der Waals surface area contributed by atoms with Gasteiger partial charge in [0, 0.05) is 16.3 Å². The smallest absolute Gasteiger partial charge is 0.255 e. The third-order valence-corrected chi connectivity index (χ3v) is 4.19. The zero-order valence-corrected chi connectivity index (χ0v) is 15.3. The molecule has 130 valence electrons. The van der Waals surface area contributed by atoms with Gasteiger partial charge in [-0.1, -0.05) is 29.8 Å². The number of azo groups is 1. The molecule has 0 spiro atoms. The maximum Gasteiger partial charge on any atom is 0.255 e. The van der Waals surface area contributed by atoms with Gasteiger partial charge in [-0.2, -0.15) is 10.2 Å². The van der Waals surface area contributed by atoms with Crippen LogP contribution in [0.15, 0.2) is 77.0 Å². The average molecular weight is 364 g/mol. The number of hydrogen-bond acceptors (Lipinski definition) is 3. The summed E-state index contributed by atoms with van der Waals surface area (Å²) in [7, 11) is 0. The van der Waals surface area contributed by atoms with Gasteiger partial charge in [0.25, 0.3) is 5.91 Å². The Morgan fingerprint density at radius 1 is 0.846 bits per heavy atom. The number of amides is 1. The summed E-state index contributed by atoms with van der Waals surface area (Å²) in [6.07, 6.45) is 0. The predicted molar refractivity (Wildman–Crippen MR) is 106 cm³/mol. The number of carbonyl (C=O) groups is 1. The van der Waals surface area contributed by atoms with Gasteiger partial charge in [-0.15, -0.1) is 0 Å². The van der Waals surface area contributed by atoms with Gasteiger partial charge in [0.15, 0.2) is 0 Å². The van der Waals surface area contributed by atoms with E-state index in [1.54, 1.807) is 24.3 Å². The van der Waals surface area contributed by atoms with Gasteiger partial charge in [-0.25, -0.2) is 0 Å². The van der Waals surface area contributed by atoms with Crippen LogP contribution in [-0.4, -0.2) is 5.91 Å². The summed E-state index contributed by atoms with van der Waals surface area (Å²) in [5.41, 5.74) is 4.86. The first-order valence-electron chi connectivity index (χ1n) is 8.18. The van der Waals surface area contributed by atoms with E-state index in [0.29, 0.717) is 16.3 Å². The van der Waals surface area contributed by atoms with Crippen molar-refractivity contribution in [3.8, 4) is 0 Å². The second-order valence-corrected chi connectivity index (χ2v) is 6.39. The molecule has 5 heteroatoms. The fourth-order valence-electron chi connectivity index (χ4n) is 2.43. The van der Waals surface area contributed by atoms with Crippen LogP contribution in [0.1, 0.15) is 21.5 Å². The summed E-state index contributed by atoms with van der Waals surface area (Å²) >= 11 is 5.85. The molecule has 0 saturated carbocycles. The first kappa shape index (κ1) is 17.8. The van der Waals surface area contributed by atoms with E-state index in [1.807, 2.05) is 56.3 Å². The standard InChI is InChI=1S/C21H18ClN3O/c1-14-5-3-4-6-19(14)24-25-20-12-11-18(13-15(20)2)23-21(26)16-7-9-17(22)10-8-16/h3-13H,1-2H3,(H,23,26). The molecule has 0 aromatic heterocycles. The molecular weight excluding hydrogens is 346 g/mol. The molecule has 1 amide bonds. The van der Waals surface area contributed by atoms with Crippen molar-refractivity contribution in [1.82, 2.24) is 0 Å². The van der Waals surface area contributed by atoms with Crippen LogP contribution in [0, 0.1) is 13.8 Å². The van der Waals surface area contributed by atoms with E-state index >= 15 is 0 Å². The fraction of sp³-hybridized carbons (Fsp3) is 0.0952. The van der Waals surface area contributed by atoms with Gasteiger partial charge in [-0.05, 0) is 73.5 Å². The highest BCUT2D eigenvalue weighted by molar-refractivity contribution is 6.30. The monoisotopic (exact) mass is 363 g/mol. The van der Waals surface area contributed by atoms with E-state index in [9.17, 15) is 4.79 Å². The van der Waals surface area contributed by atoms with Crippen LogP contribution in [0.2, 0.25) is 5.02 Å². The SMILES string of the molecule is Cc1ccccc1N=Nc1ccc(NC(=O)c2ccc(Cl)cc2)cc1C. The summed E-state index contributed by atoms with van der Waals surface area (Å²) in [4.78, 5) is 12.3. The molecule has 0 fully saturated rings. The summed E-state index contributed by atoms with van der Waals surface area (Å²) in [6, 6.07) is 20.1. The van der Waals surface area contributed by atoms with E-state index in [2.05, 4.69) is 15.5 Å².